The smallest absolute Gasteiger partial charge is 0.414 e. The first-order chi connectivity index (χ1) is 12.0. The third-order valence-electron chi connectivity index (χ3n) is 3.49. The van der Waals surface area contributed by atoms with E-state index in [9.17, 15) is 4.79 Å². The van der Waals surface area contributed by atoms with E-state index in [0.717, 1.165) is 5.56 Å². The molecule has 3 aromatic rings. The van der Waals surface area contributed by atoms with Crippen molar-refractivity contribution in [2.24, 2.45) is 0 Å². The predicted octanol–water partition coefficient (Wildman–Crippen LogP) is 2.72. The summed E-state index contributed by atoms with van der Waals surface area (Å²) in [5.74, 6) is 0.960. The molecule has 8 heteroatoms. The van der Waals surface area contributed by atoms with Crippen LogP contribution in [0.5, 0.6) is 0 Å². The highest BCUT2D eigenvalue weighted by Crippen LogP contribution is 2.20. The fraction of sp³-hybridized carbons (Fsp3) is 0.294. The lowest BCUT2D eigenvalue weighted by atomic mass is 10.2. The summed E-state index contributed by atoms with van der Waals surface area (Å²) >= 11 is 0. The van der Waals surface area contributed by atoms with Crippen LogP contribution in [-0.2, 0) is 11.3 Å². The van der Waals surface area contributed by atoms with Crippen molar-refractivity contribution in [3.63, 3.8) is 0 Å². The summed E-state index contributed by atoms with van der Waals surface area (Å²) in [5.41, 5.74) is 1.72. The topological polar surface area (TPSA) is 84.6 Å². The van der Waals surface area contributed by atoms with Gasteiger partial charge in [-0.1, -0.05) is 30.3 Å². The van der Waals surface area contributed by atoms with Gasteiger partial charge in [-0.25, -0.2) is 9.78 Å². The molecule has 1 aromatic carbocycles. The van der Waals surface area contributed by atoms with Crippen LogP contribution in [0.2, 0.25) is 0 Å². The van der Waals surface area contributed by atoms with Gasteiger partial charge in [-0.05, 0) is 19.4 Å². The Bertz CT molecular complexity index is 862. The van der Waals surface area contributed by atoms with E-state index < -0.39 is 6.09 Å². The van der Waals surface area contributed by atoms with Crippen molar-refractivity contribution in [2.75, 3.05) is 17.3 Å². The standard InChI is InChI=1S/C17H20N6O2/c1-12(2)25-17(24)19-16-21-20-15-14(18-9-10-23(15)16)22(3)11-13-7-5-4-6-8-13/h4-10,12H,11H2,1-3H3,(H,19,21,24). The number of aromatic nitrogens is 4. The van der Waals surface area contributed by atoms with Crippen LogP contribution in [0.15, 0.2) is 42.7 Å². The number of carbonyl (C=O) groups excluding carboxylic acids is 1. The van der Waals surface area contributed by atoms with Crippen molar-refractivity contribution in [3.05, 3.63) is 48.3 Å². The van der Waals surface area contributed by atoms with Gasteiger partial charge in [-0.15, -0.1) is 10.2 Å². The summed E-state index contributed by atoms with van der Waals surface area (Å²) in [6.45, 7) is 4.24. The van der Waals surface area contributed by atoms with Crippen LogP contribution in [0.3, 0.4) is 0 Å². The van der Waals surface area contributed by atoms with Crippen molar-refractivity contribution < 1.29 is 9.53 Å². The molecule has 3 rings (SSSR count). The highest BCUT2D eigenvalue weighted by atomic mass is 16.6. The maximum absolute atomic E-state index is 11.8. The molecule has 0 spiro atoms. The van der Waals surface area contributed by atoms with E-state index in [0.29, 0.717) is 18.0 Å². The van der Waals surface area contributed by atoms with E-state index >= 15 is 0 Å². The fourth-order valence-electron chi connectivity index (χ4n) is 2.43. The number of hydrogen-bond acceptors (Lipinski definition) is 6. The van der Waals surface area contributed by atoms with Crippen LogP contribution in [0, 0.1) is 0 Å². The summed E-state index contributed by atoms with van der Waals surface area (Å²) in [5, 5.41) is 10.8. The zero-order valence-electron chi connectivity index (χ0n) is 14.4. The number of hydrogen-bond donors (Lipinski definition) is 1. The summed E-state index contributed by atoms with van der Waals surface area (Å²) in [7, 11) is 1.93. The molecule has 0 saturated carbocycles. The van der Waals surface area contributed by atoms with E-state index in [4.69, 9.17) is 4.74 Å². The van der Waals surface area contributed by atoms with Gasteiger partial charge in [0, 0.05) is 26.0 Å². The lowest BCUT2D eigenvalue weighted by Gasteiger charge is -2.18. The lowest BCUT2D eigenvalue weighted by molar-refractivity contribution is 0.129. The first-order valence-corrected chi connectivity index (χ1v) is 7.97. The van der Waals surface area contributed by atoms with Crippen LogP contribution < -0.4 is 10.2 Å². The lowest BCUT2D eigenvalue weighted by Crippen LogP contribution is -2.20. The van der Waals surface area contributed by atoms with Crippen LogP contribution in [0.4, 0.5) is 16.6 Å². The average molecular weight is 340 g/mol. The van der Waals surface area contributed by atoms with Crippen LogP contribution in [-0.4, -0.2) is 38.8 Å². The van der Waals surface area contributed by atoms with Crippen molar-refractivity contribution in [2.45, 2.75) is 26.5 Å². The molecule has 1 amide bonds. The summed E-state index contributed by atoms with van der Waals surface area (Å²) in [6.07, 6.45) is 2.56. The van der Waals surface area contributed by atoms with Gasteiger partial charge < -0.3 is 9.64 Å². The monoisotopic (exact) mass is 340 g/mol. The van der Waals surface area contributed by atoms with Crippen LogP contribution in [0.1, 0.15) is 19.4 Å². The molecule has 8 nitrogen and oxygen atoms in total. The second-order valence-electron chi connectivity index (χ2n) is 5.89. The number of anilines is 2. The van der Waals surface area contributed by atoms with Gasteiger partial charge in [0.2, 0.25) is 11.6 Å². The van der Waals surface area contributed by atoms with Crippen molar-refractivity contribution in [3.8, 4) is 0 Å². The largest absolute Gasteiger partial charge is 0.447 e. The molecule has 0 aliphatic rings. The molecular weight excluding hydrogens is 320 g/mol. The van der Waals surface area contributed by atoms with Gasteiger partial charge in [0.25, 0.3) is 0 Å². The predicted molar refractivity (Wildman–Crippen MR) is 94.6 cm³/mol. The number of amides is 1. The van der Waals surface area contributed by atoms with E-state index in [1.54, 1.807) is 30.6 Å². The Kier molecular flexibility index (Phi) is 4.78. The van der Waals surface area contributed by atoms with Crippen LogP contribution in [0.25, 0.3) is 5.65 Å². The molecule has 0 atom stereocenters. The summed E-state index contributed by atoms with van der Waals surface area (Å²) in [4.78, 5) is 18.2. The number of nitrogens with one attached hydrogen (secondary N) is 1. The maximum Gasteiger partial charge on any atom is 0.414 e. The maximum atomic E-state index is 11.8. The molecule has 0 fully saturated rings. The number of fused-ring (bicyclic) bond motifs is 1. The molecule has 2 heterocycles. The molecular formula is C17H20N6O2. The molecule has 1 N–H and O–H groups in total. The van der Waals surface area contributed by atoms with Crippen molar-refractivity contribution in [1.29, 1.82) is 0 Å². The Morgan fingerprint density at radius 3 is 2.76 bits per heavy atom. The Labute approximate surface area is 145 Å². The van der Waals surface area contributed by atoms with Crippen molar-refractivity contribution >= 4 is 23.5 Å². The molecule has 0 aliphatic heterocycles. The molecule has 0 aliphatic carbocycles. The average Bonchev–Trinajstić information content (AvgIpc) is 2.98. The highest BCUT2D eigenvalue weighted by Gasteiger charge is 2.16. The third kappa shape index (κ3) is 3.85. The zero-order chi connectivity index (χ0) is 17.8. The SMILES string of the molecule is CC(C)OC(=O)Nc1nnc2c(N(C)Cc3ccccc3)nccn12. The van der Waals surface area contributed by atoms with Gasteiger partial charge in [-0.2, -0.15) is 0 Å². The first kappa shape index (κ1) is 16.7. The second-order valence-corrected chi connectivity index (χ2v) is 5.89. The minimum absolute atomic E-state index is 0.214. The minimum Gasteiger partial charge on any atom is -0.447 e. The quantitative estimate of drug-likeness (QED) is 0.769. The Morgan fingerprint density at radius 2 is 2.04 bits per heavy atom. The summed E-state index contributed by atoms with van der Waals surface area (Å²) < 4.78 is 6.74. The molecule has 0 saturated heterocycles. The van der Waals surface area contributed by atoms with E-state index in [1.807, 2.05) is 30.1 Å². The molecule has 0 bridgehead atoms. The third-order valence-corrected chi connectivity index (χ3v) is 3.49. The number of ether oxygens (including phenoxy) is 1. The second kappa shape index (κ2) is 7.16. The molecule has 0 unspecified atom stereocenters. The Hall–Kier alpha value is -3.16. The van der Waals surface area contributed by atoms with Gasteiger partial charge in [-0.3, -0.25) is 9.72 Å². The van der Waals surface area contributed by atoms with Crippen LogP contribution >= 0.6 is 0 Å². The zero-order valence-corrected chi connectivity index (χ0v) is 14.4. The van der Waals surface area contributed by atoms with Gasteiger partial charge in [0.15, 0.2) is 5.82 Å². The number of rotatable bonds is 5. The van der Waals surface area contributed by atoms with E-state index in [1.165, 1.54) is 0 Å². The molecule has 25 heavy (non-hydrogen) atoms. The first-order valence-electron chi connectivity index (χ1n) is 7.97. The Morgan fingerprint density at radius 1 is 1.28 bits per heavy atom. The summed E-state index contributed by atoms with van der Waals surface area (Å²) in [6, 6.07) is 10.1. The van der Waals surface area contributed by atoms with Gasteiger partial charge in [0.05, 0.1) is 6.10 Å². The van der Waals surface area contributed by atoms with Gasteiger partial charge in [0.1, 0.15) is 0 Å². The number of benzene rings is 1. The minimum atomic E-state index is -0.569. The normalized spacial score (nSPS) is 10.9. The molecule has 0 radical (unpaired) electrons. The van der Waals surface area contributed by atoms with E-state index in [-0.39, 0.29) is 12.1 Å². The van der Waals surface area contributed by atoms with Crippen molar-refractivity contribution in [1.82, 2.24) is 19.6 Å². The number of nitrogens with zero attached hydrogens (tertiary/aromatic N) is 5. The molecule has 130 valence electrons. The fourth-order valence-corrected chi connectivity index (χ4v) is 2.43. The highest BCUT2D eigenvalue weighted by molar-refractivity contribution is 5.83. The Balaban J connectivity index is 1.84. The molecule has 2 aromatic heterocycles. The van der Waals surface area contributed by atoms with E-state index in [2.05, 4.69) is 32.6 Å². The van der Waals surface area contributed by atoms with Gasteiger partial charge >= 0.3 is 6.09 Å². The number of carbonyl (C=O) groups is 1.